The van der Waals surface area contributed by atoms with Crippen molar-refractivity contribution in [3.8, 4) is 0 Å². The maximum Gasteiger partial charge on any atom is 0.141 e. The van der Waals surface area contributed by atoms with Gasteiger partial charge in [0.05, 0.1) is 5.02 Å². The Morgan fingerprint density at radius 1 is 1.41 bits per heavy atom. The van der Waals surface area contributed by atoms with Gasteiger partial charge in [-0.1, -0.05) is 17.7 Å². The van der Waals surface area contributed by atoms with Crippen LogP contribution in [0.4, 0.5) is 4.39 Å². The van der Waals surface area contributed by atoms with Crippen molar-refractivity contribution in [3.63, 3.8) is 0 Å². The van der Waals surface area contributed by atoms with Gasteiger partial charge in [-0.2, -0.15) is 0 Å². The van der Waals surface area contributed by atoms with E-state index in [9.17, 15) is 4.39 Å². The second kappa shape index (κ2) is 5.58. The number of aryl methyl sites for hydroxylation is 1. The molecule has 2 nitrogen and oxygen atoms in total. The lowest BCUT2D eigenvalue weighted by Gasteiger charge is -2.03. The van der Waals surface area contributed by atoms with E-state index >= 15 is 0 Å². The molecule has 1 aromatic carbocycles. The second-order valence-corrected chi connectivity index (χ2v) is 5.08. The van der Waals surface area contributed by atoms with Gasteiger partial charge in [0, 0.05) is 24.2 Å². The summed E-state index contributed by atoms with van der Waals surface area (Å²) in [6, 6.07) is 4.74. The highest BCUT2D eigenvalue weighted by Gasteiger charge is 2.01. The maximum atomic E-state index is 12.9. The highest BCUT2D eigenvalue weighted by atomic mass is 35.5. The summed E-state index contributed by atoms with van der Waals surface area (Å²) < 4.78 is 12.9. The molecule has 0 spiro atoms. The Kier molecular flexibility index (Phi) is 4.10. The van der Waals surface area contributed by atoms with E-state index in [2.05, 4.69) is 10.3 Å². The molecule has 17 heavy (non-hydrogen) atoms. The molecule has 5 heteroatoms. The predicted octanol–water partition coefficient (Wildman–Crippen LogP) is 3.53. The fraction of sp³-hybridized carbons (Fsp3) is 0.250. The summed E-state index contributed by atoms with van der Waals surface area (Å²) in [5.74, 6) is -0.383. The molecule has 0 amide bonds. The van der Waals surface area contributed by atoms with E-state index in [0.717, 1.165) is 16.3 Å². The van der Waals surface area contributed by atoms with Gasteiger partial charge in [-0.05, 0) is 24.6 Å². The monoisotopic (exact) mass is 270 g/mol. The average Bonchev–Trinajstić information content (AvgIpc) is 2.70. The van der Waals surface area contributed by atoms with Gasteiger partial charge in [-0.3, -0.25) is 0 Å². The van der Waals surface area contributed by atoms with Crippen LogP contribution in [0.15, 0.2) is 23.6 Å². The minimum Gasteiger partial charge on any atom is -0.306 e. The molecule has 0 bridgehead atoms. The molecular formula is C12H12ClFN2S. The third-order valence-electron chi connectivity index (χ3n) is 2.26. The first-order valence-electron chi connectivity index (χ1n) is 5.21. The molecule has 0 saturated carbocycles. The Morgan fingerprint density at radius 2 is 2.24 bits per heavy atom. The summed E-state index contributed by atoms with van der Waals surface area (Å²) >= 11 is 7.33. The largest absolute Gasteiger partial charge is 0.306 e. The Morgan fingerprint density at radius 3 is 2.88 bits per heavy atom. The summed E-state index contributed by atoms with van der Waals surface area (Å²) in [5.41, 5.74) is 2.00. The van der Waals surface area contributed by atoms with E-state index in [1.807, 2.05) is 12.3 Å². The van der Waals surface area contributed by atoms with E-state index in [0.29, 0.717) is 13.1 Å². The number of aromatic nitrogens is 1. The summed E-state index contributed by atoms with van der Waals surface area (Å²) in [6.45, 7) is 3.34. The second-order valence-electron chi connectivity index (χ2n) is 3.73. The van der Waals surface area contributed by atoms with E-state index in [1.54, 1.807) is 23.5 Å². The lowest BCUT2D eigenvalue weighted by atomic mass is 10.2. The van der Waals surface area contributed by atoms with Gasteiger partial charge >= 0.3 is 0 Å². The number of thiazole rings is 1. The van der Waals surface area contributed by atoms with E-state index < -0.39 is 0 Å². The first-order valence-corrected chi connectivity index (χ1v) is 6.46. The number of hydrogen-bond acceptors (Lipinski definition) is 3. The molecule has 0 fully saturated rings. The molecule has 0 atom stereocenters. The summed E-state index contributed by atoms with van der Waals surface area (Å²) in [5, 5.41) is 6.48. The number of nitrogens with zero attached hydrogens (tertiary/aromatic N) is 1. The van der Waals surface area contributed by atoms with Crippen molar-refractivity contribution in [1.82, 2.24) is 10.3 Å². The van der Waals surface area contributed by atoms with E-state index in [-0.39, 0.29) is 10.8 Å². The van der Waals surface area contributed by atoms with Gasteiger partial charge in [-0.25, -0.2) is 9.37 Å². The first kappa shape index (κ1) is 12.5. The summed E-state index contributed by atoms with van der Waals surface area (Å²) in [7, 11) is 0. The lowest BCUT2D eigenvalue weighted by Crippen LogP contribution is -2.12. The molecule has 2 aromatic rings. The lowest BCUT2D eigenvalue weighted by molar-refractivity contribution is 0.625. The SMILES string of the molecule is Cc1csc(CNCc2ccc(F)c(Cl)c2)n1. The molecule has 0 unspecified atom stereocenters. The summed E-state index contributed by atoms with van der Waals surface area (Å²) in [6.07, 6.45) is 0. The quantitative estimate of drug-likeness (QED) is 0.919. The van der Waals surface area contributed by atoms with Gasteiger partial charge in [-0.15, -0.1) is 11.3 Å². The van der Waals surface area contributed by atoms with Gasteiger partial charge in [0.1, 0.15) is 10.8 Å². The normalized spacial score (nSPS) is 10.8. The first-order chi connectivity index (χ1) is 8.15. The standard InChI is InChI=1S/C12H12ClFN2S/c1-8-7-17-12(16-8)6-15-5-9-2-3-11(14)10(13)4-9/h2-4,7,15H,5-6H2,1H3. The Hall–Kier alpha value is -0.970. The zero-order chi connectivity index (χ0) is 12.3. The van der Waals surface area contributed by atoms with Gasteiger partial charge < -0.3 is 5.32 Å². The van der Waals surface area contributed by atoms with Crippen molar-refractivity contribution in [3.05, 3.63) is 50.7 Å². The third-order valence-corrected chi connectivity index (χ3v) is 3.51. The van der Waals surface area contributed by atoms with Crippen LogP contribution >= 0.6 is 22.9 Å². The van der Waals surface area contributed by atoms with E-state index in [1.165, 1.54) is 6.07 Å². The molecule has 2 rings (SSSR count). The van der Waals surface area contributed by atoms with Crippen LogP contribution in [0.2, 0.25) is 5.02 Å². The van der Waals surface area contributed by atoms with Crippen LogP contribution in [-0.4, -0.2) is 4.98 Å². The topological polar surface area (TPSA) is 24.9 Å². The minimum absolute atomic E-state index is 0.161. The average molecular weight is 271 g/mol. The van der Waals surface area contributed by atoms with Crippen LogP contribution in [-0.2, 0) is 13.1 Å². The molecule has 1 N–H and O–H groups in total. The zero-order valence-electron chi connectivity index (χ0n) is 9.34. The smallest absolute Gasteiger partial charge is 0.141 e. The van der Waals surface area contributed by atoms with Crippen molar-refractivity contribution in [2.45, 2.75) is 20.0 Å². The molecule has 1 heterocycles. The highest BCUT2D eigenvalue weighted by molar-refractivity contribution is 7.09. The number of nitrogens with one attached hydrogen (secondary N) is 1. The van der Waals surface area contributed by atoms with Crippen LogP contribution in [0, 0.1) is 12.7 Å². The third kappa shape index (κ3) is 3.49. The predicted molar refractivity (Wildman–Crippen MR) is 68.8 cm³/mol. The van der Waals surface area contributed by atoms with Crippen molar-refractivity contribution >= 4 is 22.9 Å². The minimum atomic E-state index is -0.383. The fourth-order valence-corrected chi connectivity index (χ4v) is 2.39. The van der Waals surface area contributed by atoms with Gasteiger partial charge in [0.25, 0.3) is 0 Å². The molecule has 0 aliphatic carbocycles. The molecule has 0 aliphatic rings. The van der Waals surface area contributed by atoms with Crippen LogP contribution in [0.3, 0.4) is 0 Å². The Labute approximate surface area is 108 Å². The van der Waals surface area contributed by atoms with Crippen molar-refractivity contribution in [1.29, 1.82) is 0 Å². The van der Waals surface area contributed by atoms with E-state index in [4.69, 9.17) is 11.6 Å². The fourth-order valence-electron chi connectivity index (χ4n) is 1.45. The summed E-state index contributed by atoms with van der Waals surface area (Å²) in [4.78, 5) is 4.34. The van der Waals surface area contributed by atoms with Crippen molar-refractivity contribution in [2.75, 3.05) is 0 Å². The molecular weight excluding hydrogens is 259 g/mol. The highest BCUT2D eigenvalue weighted by Crippen LogP contribution is 2.16. The number of rotatable bonds is 4. The molecule has 1 aromatic heterocycles. The van der Waals surface area contributed by atoms with Crippen LogP contribution in [0.25, 0.3) is 0 Å². The van der Waals surface area contributed by atoms with Gasteiger partial charge in [0.15, 0.2) is 0 Å². The molecule has 0 radical (unpaired) electrons. The number of hydrogen-bond donors (Lipinski definition) is 1. The Bertz CT molecular complexity index is 513. The van der Waals surface area contributed by atoms with Crippen LogP contribution < -0.4 is 5.32 Å². The molecule has 0 saturated heterocycles. The van der Waals surface area contributed by atoms with Crippen LogP contribution in [0.1, 0.15) is 16.3 Å². The van der Waals surface area contributed by atoms with Crippen molar-refractivity contribution < 1.29 is 4.39 Å². The Balaban J connectivity index is 1.87. The van der Waals surface area contributed by atoms with Gasteiger partial charge in [0.2, 0.25) is 0 Å². The number of halogens is 2. The van der Waals surface area contributed by atoms with Crippen molar-refractivity contribution in [2.24, 2.45) is 0 Å². The molecule has 90 valence electrons. The maximum absolute atomic E-state index is 12.9. The van der Waals surface area contributed by atoms with Crippen LogP contribution in [0.5, 0.6) is 0 Å². The molecule has 0 aliphatic heterocycles. The zero-order valence-corrected chi connectivity index (χ0v) is 10.9. The number of benzene rings is 1.